The molecule has 0 aliphatic carbocycles. The van der Waals surface area contributed by atoms with Crippen molar-refractivity contribution in [2.75, 3.05) is 11.9 Å². The number of rotatable bonds is 6. The standard InChI is InChI=1S/C16H16N2O2S/c17-16(21)13-8-4-5-9-14(13)18-15(19)10-11-20-12-6-2-1-3-7-12/h1-9H,10-11H2,(H2,17,21)(H,18,19). The van der Waals surface area contributed by atoms with Crippen LogP contribution in [0.2, 0.25) is 0 Å². The Hall–Kier alpha value is -2.40. The van der Waals surface area contributed by atoms with Crippen LogP contribution in [-0.4, -0.2) is 17.5 Å². The summed E-state index contributed by atoms with van der Waals surface area (Å²) in [5.41, 5.74) is 6.90. The third kappa shape index (κ3) is 4.57. The highest BCUT2D eigenvalue weighted by molar-refractivity contribution is 7.80. The quantitative estimate of drug-likeness (QED) is 0.805. The fourth-order valence-corrected chi connectivity index (χ4v) is 1.98. The normalized spacial score (nSPS) is 9.90. The molecule has 0 unspecified atom stereocenters. The van der Waals surface area contributed by atoms with E-state index in [0.29, 0.717) is 17.9 Å². The highest BCUT2D eigenvalue weighted by atomic mass is 32.1. The van der Waals surface area contributed by atoms with Crippen LogP contribution in [0, 0.1) is 0 Å². The third-order valence-corrected chi connectivity index (χ3v) is 3.03. The van der Waals surface area contributed by atoms with Crippen molar-refractivity contribution < 1.29 is 9.53 Å². The van der Waals surface area contributed by atoms with Crippen LogP contribution in [0.25, 0.3) is 0 Å². The van der Waals surface area contributed by atoms with Gasteiger partial charge >= 0.3 is 0 Å². The van der Waals surface area contributed by atoms with E-state index in [-0.39, 0.29) is 17.3 Å². The van der Waals surface area contributed by atoms with E-state index >= 15 is 0 Å². The molecular weight excluding hydrogens is 284 g/mol. The molecule has 4 nitrogen and oxygen atoms in total. The van der Waals surface area contributed by atoms with Crippen LogP contribution < -0.4 is 15.8 Å². The van der Waals surface area contributed by atoms with Crippen molar-refractivity contribution in [2.24, 2.45) is 5.73 Å². The van der Waals surface area contributed by atoms with Crippen molar-refractivity contribution in [3.8, 4) is 5.75 Å². The number of benzene rings is 2. The minimum Gasteiger partial charge on any atom is -0.493 e. The Balaban J connectivity index is 1.86. The van der Waals surface area contributed by atoms with E-state index in [2.05, 4.69) is 5.32 Å². The smallest absolute Gasteiger partial charge is 0.227 e. The van der Waals surface area contributed by atoms with Gasteiger partial charge in [0.1, 0.15) is 10.7 Å². The molecule has 0 saturated heterocycles. The van der Waals surface area contributed by atoms with Crippen LogP contribution in [0.4, 0.5) is 5.69 Å². The fraction of sp³-hybridized carbons (Fsp3) is 0.125. The Kier molecular flexibility index (Phi) is 5.29. The second-order valence-corrected chi connectivity index (χ2v) is 4.81. The Morgan fingerprint density at radius 3 is 2.48 bits per heavy atom. The van der Waals surface area contributed by atoms with Gasteiger partial charge in [-0.3, -0.25) is 4.79 Å². The molecule has 0 fully saturated rings. The molecule has 0 radical (unpaired) electrons. The van der Waals surface area contributed by atoms with Crippen molar-refractivity contribution in [1.29, 1.82) is 0 Å². The average molecular weight is 300 g/mol. The number of nitrogens with two attached hydrogens (primary N) is 1. The summed E-state index contributed by atoms with van der Waals surface area (Å²) in [5, 5.41) is 2.79. The Labute approximate surface area is 128 Å². The minimum atomic E-state index is -0.144. The van der Waals surface area contributed by atoms with Crippen LogP contribution in [0.5, 0.6) is 5.75 Å². The maximum absolute atomic E-state index is 11.9. The van der Waals surface area contributed by atoms with Crippen LogP contribution in [0.1, 0.15) is 12.0 Å². The number of nitrogens with one attached hydrogen (secondary N) is 1. The van der Waals surface area contributed by atoms with Gasteiger partial charge in [0, 0.05) is 5.56 Å². The topological polar surface area (TPSA) is 64.3 Å². The van der Waals surface area contributed by atoms with Gasteiger partial charge in [-0.1, -0.05) is 42.5 Å². The maximum Gasteiger partial charge on any atom is 0.227 e. The molecule has 108 valence electrons. The molecule has 5 heteroatoms. The molecule has 2 rings (SSSR count). The zero-order valence-corrected chi connectivity index (χ0v) is 12.2. The number of thiocarbonyl (C=S) groups is 1. The Bertz CT molecular complexity index is 629. The van der Waals surface area contributed by atoms with E-state index in [1.165, 1.54) is 0 Å². The van der Waals surface area contributed by atoms with Crippen LogP contribution in [0.3, 0.4) is 0 Å². The van der Waals surface area contributed by atoms with E-state index in [9.17, 15) is 4.79 Å². The zero-order valence-electron chi connectivity index (χ0n) is 11.4. The molecule has 0 aliphatic heterocycles. The SMILES string of the molecule is NC(=S)c1ccccc1NC(=O)CCOc1ccccc1. The number of carbonyl (C=O) groups excluding carboxylic acids is 1. The lowest BCUT2D eigenvalue weighted by atomic mass is 10.1. The highest BCUT2D eigenvalue weighted by Gasteiger charge is 2.08. The summed E-state index contributed by atoms with van der Waals surface area (Å²) in [6.07, 6.45) is 0.251. The first-order chi connectivity index (χ1) is 10.2. The first-order valence-electron chi connectivity index (χ1n) is 6.53. The Morgan fingerprint density at radius 1 is 1.10 bits per heavy atom. The molecule has 1 amide bonds. The highest BCUT2D eigenvalue weighted by Crippen LogP contribution is 2.15. The number of anilines is 1. The molecule has 21 heavy (non-hydrogen) atoms. The number of carbonyl (C=O) groups is 1. The van der Waals surface area contributed by atoms with E-state index in [4.69, 9.17) is 22.7 Å². The Morgan fingerprint density at radius 2 is 1.76 bits per heavy atom. The lowest BCUT2D eigenvalue weighted by Gasteiger charge is -2.10. The van der Waals surface area contributed by atoms with E-state index < -0.39 is 0 Å². The van der Waals surface area contributed by atoms with Crippen LogP contribution in [0.15, 0.2) is 54.6 Å². The van der Waals surface area contributed by atoms with Gasteiger partial charge in [0.05, 0.1) is 18.7 Å². The number of hydrogen-bond acceptors (Lipinski definition) is 3. The number of ether oxygens (including phenoxy) is 1. The molecular formula is C16H16N2O2S. The third-order valence-electron chi connectivity index (χ3n) is 2.81. The van der Waals surface area contributed by atoms with Crippen molar-refractivity contribution in [3.63, 3.8) is 0 Å². The first kappa shape index (κ1) is 15.0. The molecule has 0 atom stereocenters. The molecule has 3 N–H and O–H groups in total. The fourth-order valence-electron chi connectivity index (χ4n) is 1.80. The summed E-state index contributed by atoms with van der Waals surface area (Å²) in [6.45, 7) is 0.311. The summed E-state index contributed by atoms with van der Waals surface area (Å²) < 4.78 is 5.48. The van der Waals surface area contributed by atoms with E-state index in [1.54, 1.807) is 12.1 Å². The number of amides is 1. The molecule has 2 aromatic rings. The van der Waals surface area contributed by atoms with Crippen molar-refractivity contribution in [3.05, 3.63) is 60.2 Å². The summed E-state index contributed by atoms with van der Waals surface area (Å²) in [7, 11) is 0. The monoisotopic (exact) mass is 300 g/mol. The molecule has 0 aliphatic rings. The van der Waals surface area contributed by atoms with Crippen LogP contribution in [-0.2, 0) is 4.79 Å². The van der Waals surface area contributed by atoms with Gasteiger partial charge in [0.15, 0.2) is 0 Å². The summed E-state index contributed by atoms with van der Waals surface area (Å²) >= 11 is 4.96. The number of para-hydroxylation sites is 2. The first-order valence-corrected chi connectivity index (χ1v) is 6.94. The molecule has 0 heterocycles. The average Bonchev–Trinajstić information content (AvgIpc) is 2.48. The predicted octanol–water partition coefficient (Wildman–Crippen LogP) is 2.73. The van der Waals surface area contributed by atoms with E-state index in [0.717, 1.165) is 5.75 Å². The van der Waals surface area contributed by atoms with Crippen molar-refractivity contribution in [2.45, 2.75) is 6.42 Å². The van der Waals surface area contributed by atoms with Crippen molar-refractivity contribution in [1.82, 2.24) is 0 Å². The lowest BCUT2D eigenvalue weighted by molar-refractivity contribution is -0.116. The molecule has 0 spiro atoms. The molecule has 2 aromatic carbocycles. The van der Waals surface area contributed by atoms with Gasteiger partial charge in [0.25, 0.3) is 0 Å². The van der Waals surface area contributed by atoms with Gasteiger partial charge in [-0.15, -0.1) is 0 Å². The summed E-state index contributed by atoms with van der Waals surface area (Å²) in [5.74, 6) is 0.600. The molecule has 0 aromatic heterocycles. The molecule has 0 bridgehead atoms. The van der Waals surface area contributed by atoms with Gasteiger partial charge < -0.3 is 15.8 Å². The molecule has 0 saturated carbocycles. The minimum absolute atomic E-state index is 0.144. The van der Waals surface area contributed by atoms with Gasteiger partial charge in [0.2, 0.25) is 5.91 Å². The van der Waals surface area contributed by atoms with E-state index in [1.807, 2.05) is 42.5 Å². The van der Waals surface area contributed by atoms with Gasteiger partial charge in [-0.05, 0) is 24.3 Å². The largest absolute Gasteiger partial charge is 0.493 e. The summed E-state index contributed by atoms with van der Waals surface area (Å²) in [6, 6.07) is 16.6. The second-order valence-electron chi connectivity index (χ2n) is 4.37. The predicted molar refractivity (Wildman–Crippen MR) is 87.5 cm³/mol. The summed E-state index contributed by atoms with van der Waals surface area (Å²) in [4.78, 5) is 12.2. The van der Waals surface area contributed by atoms with Crippen LogP contribution >= 0.6 is 12.2 Å². The van der Waals surface area contributed by atoms with Gasteiger partial charge in [-0.25, -0.2) is 0 Å². The lowest BCUT2D eigenvalue weighted by Crippen LogP contribution is -2.19. The number of hydrogen-bond donors (Lipinski definition) is 2. The maximum atomic E-state index is 11.9. The van der Waals surface area contributed by atoms with Gasteiger partial charge in [-0.2, -0.15) is 0 Å². The second kappa shape index (κ2) is 7.40. The zero-order chi connectivity index (χ0) is 15.1. The van der Waals surface area contributed by atoms with Crippen molar-refractivity contribution >= 4 is 28.8 Å².